The van der Waals surface area contributed by atoms with Crippen LogP contribution >= 0.6 is 0 Å². The van der Waals surface area contributed by atoms with Crippen molar-refractivity contribution in [1.82, 2.24) is 0 Å². The van der Waals surface area contributed by atoms with Gasteiger partial charge in [-0.2, -0.15) is 0 Å². The molecule has 1 rings (SSSR count). The van der Waals surface area contributed by atoms with Crippen molar-refractivity contribution in [3.63, 3.8) is 0 Å². The molecule has 0 saturated carbocycles. The quantitative estimate of drug-likeness (QED) is 0.212. The zero-order valence-electron chi connectivity index (χ0n) is 4.61. The molecule has 1 heterocycles. The average Bonchev–Trinajstić information content (AvgIpc) is 2.37. The molecule has 0 atom stereocenters. The van der Waals surface area contributed by atoms with Crippen LogP contribution in [0.5, 0.6) is 0 Å². The molecule has 0 aromatic carbocycles. The summed E-state index contributed by atoms with van der Waals surface area (Å²) in [5, 5.41) is 11.1. The second kappa shape index (κ2) is 2.71. The molecule has 0 aliphatic carbocycles. The average molecular weight is 189 g/mol. The summed E-state index contributed by atoms with van der Waals surface area (Å²) >= 11 is 0.274. The molecule has 0 bridgehead atoms. The molecule has 0 saturated heterocycles. The Hall–Kier alpha value is -0.731. The van der Waals surface area contributed by atoms with Gasteiger partial charge < -0.3 is 0 Å². The fraction of sp³-hybridized carbons (Fsp3) is 0. The van der Waals surface area contributed by atoms with Crippen molar-refractivity contribution >= 4 is 20.3 Å². The Morgan fingerprint density at radius 2 is 2.56 bits per heavy atom. The summed E-state index contributed by atoms with van der Waals surface area (Å²) in [6.45, 7) is 0. The molecule has 4 heteroatoms. The Kier molecular flexibility index (Phi) is 1.92. The van der Waals surface area contributed by atoms with Crippen LogP contribution in [0.25, 0.3) is 0 Å². The van der Waals surface area contributed by atoms with Crippen LogP contribution in [0.3, 0.4) is 0 Å². The Morgan fingerprint density at radius 3 is 3.00 bits per heavy atom. The van der Waals surface area contributed by atoms with Gasteiger partial charge in [0, 0.05) is 0 Å². The third kappa shape index (κ3) is 1.34. The zero-order chi connectivity index (χ0) is 6.69. The van der Waals surface area contributed by atoms with E-state index in [-0.39, 0.29) is 20.3 Å². The van der Waals surface area contributed by atoms with Gasteiger partial charge in [0.05, 0.1) is 0 Å². The maximum absolute atomic E-state index is 8.20. The van der Waals surface area contributed by atoms with Crippen molar-refractivity contribution in [2.75, 3.05) is 0 Å². The standard InChI is InChI=1S/C5H6N2OSe/c6-5(7-8)4-2-1-3-9-4/h1-3,8H,(H2,6,7). The van der Waals surface area contributed by atoms with E-state index in [1.807, 2.05) is 17.1 Å². The predicted molar refractivity (Wildman–Crippen MR) is 35.9 cm³/mol. The van der Waals surface area contributed by atoms with E-state index in [4.69, 9.17) is 10.9 Å². The molecule has 3 N–H and O–H groups in total. The monoisotopic (exact) mass is 190 g/mol. The first-order chi connectivity index (χ1) is 4.34. The van der Waals surface area contributed by atoms with Gasteiger partial charge in [-0.1, -0.05) is 0 Å². The van der Waals surface area contributed by atoms with E-state index >= 15 is 0 Å². The molecule has 3 nitrogen and oxygen atoms in total. The van der Waals surface area contributed by atoms with Crippen molar-refractivity contribution in [1.29, 1.82) is 0 Å². The van der Waals surface area contributed by atoms with E-state index in [0.717, 1.165) is 4.44 Å². The Morgan fingerprint density at radius 1 is 1.78 bits per heavy atom. The number of oxime groups is 1. The molecule has 0 radical (unpaired) electrons. The number of hydrogen-bond donors (Lipinski definition) is 2. The van der Waals surface area contributed by atoms with Gasteiger partial charge in [0.2, 0.25) is 0 Å². The number of amidine groups is 1. The minimum atomic E-state index is 0.236. The molecular weight excluding hydrogens is 183 g/mol. The van der Waals surface area contributed by atoms with Crippen LogP contribution in [0.1, 0.15) is 4.44 Å². The number of nitrogens with zero attached hydrogens (tertiary/aromatic N) is 1. The second-order valence-electron chi connectivity index (χ2n) is 1.46. The molecule has 0 spiro atoms. The van der Waals surface area contributed by atoms with Crippen molar-refractivity contribution in [2.24, 2.45) is 10.9 Å². The Labute approximate surface area is 58.5 Å². The van der Waals surface area contributed by atoms with Crippen LogP contribution in [0.15, 0.2) is 22.2 Å². The van der Waals surface area contributed by atoms with Gasteiger partial charge in [-0.15, -0.1) is 0 Å². The summed E-state index contributed by atoms with van der Waals surface area (Å²) in [6.07, 6.45) is 0. The molecule has 1 aromatic rings. The van der Waals surface area contributed by atoms with Gasteiger partial charge in [0.25, 0.3) is 0 Å². The summed E-state index contributed by atoms with van der Waals surface area (Å²) in [6, 6.07) is 3.77. The summed E-state index contributed by atoms with van der Waals surface area (Å²) in [7, 11) is 0. The van der Waals surface area contributed by atoms with Crippen LogP contribution in [0.2, 0.25) is 0 Å². The second-order valence-corrected chi connectivity index (χ2v) is 3.45. The molecule has 0 aliphatic heterocycles. The zero-order valence-corrected chi connectivity index (χ0v) is 6.33. The fourth-order valence-electron chi connectivity index (χ4n) is 0.474. The molecule has 0 amide bonds. The third-order valence-electron chi connectivity index (χ3n) is 0.881. The van der Waals surface area contributed by atoms with E-state index in [1.54, 1.807) is 0 Å². The van der Waals surface area contributed by atoms with Crippen LogP contribution in [-0.2, 0) is 0 Å². The molecular formula is C5H6N2OSe. The molecule has 0 fully saturated rings. The van der Waals surface area contributed by atoms with Crippen LogP contribution in [0, 0.1) is 0 Å². The number of hydrogen-bond acceptors (Lipinski definition) is 2. The maximum atomic E-state index is 8.20. The predicted octanol–water partition coefficient (Wildman–Crippen LogP) is -0.162. The number of rotatable bonds is 1. The topological polar surface area (TPSA) is 58.6 Å². The summed E-state index contributed by atoms with van der Waals surface area (Å²) < 4.78 is 0.935. The summed E-state index contributed by atoms with van der Waals surface area (Å²) in [4.78, 5) is 2.01. The van der Waals surface area contributed by atoms with Gasteiger partial charge in [0.1, 0.15) is 0 Å². The normalized spacial score (nSPS) is 11.8. The van der Waals surface area contributed by atoms with E-state index in [9.17, 15) is 0 Å². The van der Waals surface area contributed by atoms with Gasteiger partial charge in [0.15, 0.2) is 0 Å². The minimum absolute atomic E-state index is 0.236. The van der Waals surface area contributed by atoms with Crippen molar-refractivity contribution in [3.8, 4) is 0 Å². The molecule has 1 aromatic heterocycles. The fourth-order valence-corrected chi connectivity index (χ4v) is 1.78. The van der Waals surface area contributed by atoms with Gasteiger partial charge >= 0.3 is 57.9 Å². The molecule has 0 aliphatic rings. The first-order valence-electron chi connectivity index (χ1n) is 2.36. The third-order valence-corrected chi connectivity index (χ3v) is 2.75. The van der Waals surface area contributed by atoms with Crippen LogP contribution in [-0.4, -0.2) is 25.5 Å². The summed E-state index contributed by atoms with van der Waals surface area (Å²) in [5.74, 6) is 0.236. The van der Waals surface area contributed by atoms with Gasteiger partial charge in [-0.05, 0) is 0 Å². The Balaban J connectivity index is 2.90. The first-order valence-corrected chi connectivity index (χ1v) is 4.20. The molecule has 9 heavy (non-hydrogen) atoms. The van der Waals surface area contributed by atoms with Crippen LogP contribution < -0.4 is 5.73 Å². The van der Waals surface area contributed by atoms with E-state index in [2.05, 4.69) is 5.16 Å². The summed E-state index contributed by atoms with van der Waals surface area (Å²) in [5.41, 5.74) is 5.29. The molecule has 48 valence electrons. The van der Waals surface area contributed by atoms with Gasteiger partial charge in [-0.3, -0.25) is 0 Å². The van der Waals surface area contributed by atoms with E-state index in [1.165, 1.54) is 0 Å². The van der Waals surface area contributed by atoms with Crippen molar-refractivity contribution < 1.29 is 5.21 Å². The first kappa shape index (κ1) is 6.39. The number of nitrogens with two attached hydrogens (primary N) is 1. The van der Waals surface area contributed by atoms with Crippen molar-refractivity contribution in [2.45, 2.75) is 0 Å². The van der Waals surface area contributed by atoms with Crippen LogP contribution in [0.4, 0.5) is 0 Å². The SMILES string of the molecule is N/C(=N\O)c1ccc[se]1. The Bertz CT molecular complexity index is 205. The van der Waals surface area contributed by atoms with E-state index < -0.39 is 0 Å². The van der Waals surface area contributed by atoms with Crippen molar-refractivity contribution in [3.05, 3.63) is 21.5 Å². The molecule has 0 unspecified atom stereocenters. The van der Waals surface area contributed by atoms with E-state index in [0.29, 0.717) is 0 Å². The van der Waals surface area contributed by atoms with Gasteiger partial charge in [-0.25, -0.2) is 0 Å².